The summed E-state index contributed by atoms with van der Waals surface area (Å²) in [6, 6.07) is 13.5. The van der Waals surface area contributed by atoms with Crippen LogP contribution in [0.15, 0.2) is 36.4 Å². The lowest BCUT2D eigenvalue weighted by Crippen LogP contribution is -2.40. The Balaban J connectivity index is 0.000000843. The van der Waals surface area contributed by atoms with Crippen LogP contribution in [0.5, 0.6) is 0 Å². The molecule has 4 heterocycles. The van der Waals surface area contributed by atoms with Gasteiger partial charge in [0, 0.05) is 63.4 Å². The molecule has 2 amide bonds. The number of hydrogen-bond acceptors (Lipinski definition) is 6. The van der Waals surface area contributed by atoms with E-state index in [9.17, 15) is 9.59 Å². The molecule has 0 unspecified atom stereocenters. The maximum Gasteiger partial charge on any atom is 0.290 e. The molecule has 0 spiro atoms. The highest BCUT2D eigenvalue weighted by Crippen LogP contribution is 2.56. The number of nitrogens with one attached hydrogen (secondary N) is 1. The molecule has 4 aliphatic rings. The van der Waals surface area contributed by atoms with Gasteiger partial charge >= 0.3 is 0 Å². The summed E-state index contributed by atoms with van der Waals surface area (Å²) >= 11 is 8.44. The van der Waals surface area contributed by atoms with Gasteiger partial charge in [0.05, 0.1) is 5.54 Å². The number of halogens is 1. The number of hydrogen-bond donors (Lipinski definition) is 2. The fourth-order valence-electron chi connectivity index (χ4n) is 6.47. The zero-order valence-electron chi connectivity index (χ0n) is 21.0. The molecule has 9 heteroatoms. The third-order valence-electron chi connectivity index (χ3n) is 8.26. The molecule has 0 radical (unpaired) electrons. The zero-order chi connectivity index (χ0) is 26.4. The summed E-state index contributed by atoms with van der Waals surface area (Å²) in [4.78, 5) is 38.9. The van der Waals surface area contributed by atoms with Crippen molar-refractivity contribution in [3.05, 3.63) is 51.9 Å². The fourth-order valence-corrected chi connectivity index (χ4v) is 8.13. The van der Waals surface area contributed by atoms with Crippen LogP contribution < -0.4 is 10.2 Å². The van der Waals surface area contributed by atoms with Gasteiger partial charge in [-0.25, -0.2) is 0 Å². The largest absolute Gasteiger partial charge is 0.483 e. The molecule has 7 nitrogen and oxygen atoms in total. The van der Waals surface area contributed by atoms with Gasteiger partial charge in [0.15, 0.2) is 0 Å². The molecule has 38 heavy (non-hydrogen) atoms. The second kappa shape index (κ2) is 9.98. The van der Waals surface area contributed by atoms with Crippen LogP contribution >= 0.6 is 22.9 Å². The van der Waals surface area contributed by atoms with Gasteiger partial charge in [-0.15, -0.1) is 11.3 Å². The third-order valence-corrected chi connectivity index (χ3v) is 9.85. The quantitative estimate of drug-likeness (QED) is 0.343. The number of nitrogens with zero attached hydrogens (tertiary/aromatic N) is 2. The molecule has 7 rings (SSSR count). The molecule has 3 aliphatic heterocycles. The number of benzene rings is 2. The first-order valence-electron chi connectivity index (χ1n) is 13.2. The van der Waals surface area contributed by atoms with Crippen molar-refractivity contribution in [1.29, 1.82) is 0 Å². The van der Waals surface area contributed by atoms with Crippen molar-refractivity contribution in [2.45, 2.75) is 56.5 Å². The first kappa shape index (κ1) is 25.3. The number of carbonyl (C=O) groups excluding carboxylic acids is 2. The smallest absolute Gasteiger partial charge is 0.290 e. The minimum absolute atomic E-state index is 0.0186. The molecule has 1 atom stereocenters. The Morgan fingerprint density at radius 1 is 1.08 bits per heavy atom. The summed E-state index contributed by atoms with van der Waals surface area (Å²) < 4.78 is 1.22. The lowest BCUT2D eigenvalue weighted by atomic mass is 9.92. The normalized spacial score (nSPS) is 21.9. The minimum Gasteiger partial charge on any atom is -0.483 e. The second-order valence-corrected chi connectivity index (χ2v) is 12.0. The lowest BCUT2D eigenvalue weighted by molar-refractivity contribution is -0.142. The van der Waals surface area contributed by atoms with Gasteiger partial charge in [-0.3, -0.25) is 19.3 Å². The van der Waals surface area contributed by atoms with Crippen LogP contribution in [0.3, 0.4) is 0 Å². The van der Waals surface area contributed by atoms with Crippen LogP contribution in [0.2, 0.25) is 5.02 Å². The Morgan fingerprint density at radius 2 is 1.84 bits per heavy atom. The number of likely N-dealkylation sites (tertiary alicyclic amines) is 1. The Bertz CT molecular complexity index is 1410. The fraction of sp³-hybridized carbons (Fsp3) is 0.414. The number of fused-ring (bicyclic) bond motifs is 2. The second-order valence-electron chi connectivity index (χ2n) is 10.5. The molecular weight excluding hydrogens is 522 g/mol. The van der Waals surface area contributed by atoms with E-state index in [0.29, 0.717) is 18.9 Å². The van der Waals surface area contributed by atoms with Crippen molar-refractivity contribution < 1.29 is 19.5 Å². The number of rotatable bonds is 4. The summed E-state index contributed by atoms with van der Waals surface area (Å²) in [6.07, 6.45) is 5.78. The van der Waals surface area contributed by atoms with Gasteiger partial charge < -0.3 is 15.3 Å². The molecule has 1 aromatic heterocycles. The van der Waals surface area contributed by atoms with Gasteiger partial charge in [0.2, 0.25) is 11.8 Å². The van der Waals surface area contributed by atoms with Crippen LogP contribution in [-0.2, 0) is 26.3 Å². The number of anilines is 1. The average Bonchev–Trinajstić information content (AvgIpc) is 3.25. The Hall–Kier alpha value is -2.94. The Labute approximate surface area is 230 Å². The van der Waals surface area contributed by atoms with Crippen molar-refractivity contribution in [1.82, 2.24) is 10.2 Å². The van der Waals surface area contributed by atoms with E-state index in [0.717, 1.165) is 61.6 Å². The van der Waals surface area contributed by atoms with E-state index >= 15 is 0 Å². The van der Waals surface area contributed by atoms with Crippen LogP contribution in [-0.4, -0.2) is 54.0 Å². The number of amides is 2. The third kappa shape index (κ3) is 4.19. The van der Waals surface area contributed by atoms with Crippen LogP contribution in [0.1, 0.15) is 49.0 Å². The van der Waals surface area contributed by atoms with E-state index in [2.05, 4.69) is 46.6 Å². The van der Waals surface area contributed by atoms with E-state index in [4.69, 9.17) is 21.5 Å². The minimum atomic E-state index is -0.430. The maximum absolute atomic E-state index is 12.6. The number of aryl methyl sites for hydroxylation is 1. The van der Waals surface area contributed by atoms with Gasteiger partial charge in [-0.05, 0) is 67.8 Å². The highest BCUT2D eigenvalue weighted by Gasteiger charge is 2.56. The van der Waals surface area contributed by atoms with Crippen LogP contribution in [0, 0.1) is 0 Å². The summed E-state index contributed by atoms with van der Waals surface area (Å²) in [5, 5.41) is 12.4. The van der Waals surface area contributed by atoms with Crippen molar-refractivity contribution >= 4 is 57.0 Å². The molecule has 2 saturated heterocycles. The average molecular weight is 552 g/mol. The highest BCUT2D eigenvalue weighted by molar-refractivity contribution is 7.19. The van der Waals surface area contributed by atoms with Gasteiger partial charge in [-0.1, -0.05) is 29.8 Å². The van der Waals surface area contributed by atoms with Crippen molar-refractivity contribution in [2.75, 3.05) is 24.5 Å². The number of imide groups is 1. The SMILES string of the molecule is O=C1CCC(=O)N1C1(c2cc3cccc(-c4cc(Cl)cc5c4N([C@H]4CCNC4)CCC5)c3s2)CC1.O=CO. The molecule has 1 aliphatic carbocycles. The van der Waals surface area contributed by atoms with Gasteiger partial charge in [0.25, 0.3) is 6.47 Å². The van der Waals surface area contributed by atoms with E-state index in [1.54, 1.807) is 16.2 Å². The molecule has 3 fully saturated rings. The summed E-state index contributed by atoms with van der Waals surface area (Å²) in [6.45, 7) is 2.91. The summed E-state index contributed by atoms with van der Waals surface area (Å²) in [7, 11) is 0. The first-order valence-corrected chi connectivity index (χ1v) is 14.4. The maximum atomic E-state index is 12.6. The number of carbonyl (C=O) groups is 3. The standard InChI is InChI=1S/C28H28ClN3O2S.CH2O2/c29-19-13-17-4-2-12-31(20-8-11-30-16-20)26(17)22(15-19)21-5-1-3-18-14-23(35-27(18)21)28(9-10-28)32-24(33)6-7-25(32)34;2-1-3/h1,3,5,13-15,20,30H,2,4,6-12,16H2;1H,(H,2,3)/t20-;/m0./s1. The number of thiophene rings is 1. The molecule has 198 valence electrons. The monoisotopic (exact) mass is 551 g/mol. The Morgan fingerprint density at radius 3 is 2.53 bits per heavy atom. The van der Waals surface area contributed by atoms with Gasteiger partial charge in [0.1, 0.15) is 0 Å². The topological polar surface area (TPSA) is 90.0 Å². The molecule has 2 aromatic carbocycles. The van der Waals surface area contributed by atoms with Crippen LogP contribution in [0.25, 0.3) is 21.2 Å². The van der Waals surface area contributed by atoms with E-state index in [-0.39, 0.29) is 18.3 Å². The molecule has 3 aromatic rings. The van der Waals surface area contributed by atoms with E-state index < -0.39 is 5.54 Å². The molecular formula is C29H30ClN3O4S. The van der Waals surface area contributed by atoms with Gasteiger partial charge in [-0.2, -0.15) is 0 Å². The predicted molar refractivity (Wildman–Crippen MR) is 150 cm³/mol. The molecule has 0 bridgehead atoms. The van der Waals surface area contributed by atoms with E-state index in [1.807, 2.05) is 0 Å². The predicted octanol–water partition coefficient (Wildman–Crippen LogP) is 5.18. The summed E-state index contributed by atoms with van der Waals surface area (Å²) in [5.74, 6) is -0.0372. The highest BCUT2D eigenvalue weighted by atomic mass is 35.5. The molecule has 1 saturated carbocycles. The van der Waals surface area contributed by atoms with Crippen molar-refractivity contribution in [3.63, 3.8) is 0 Å². The first-order chi connectivity index (χ1) is 18.5. The lowest BCUT2D eigenvalue weighted by Gasteiger charge is -2.38. The Kier molecular flexibility index (Phi) is 6.66. The van der Waals surface area contributed by atoms with Crippen LogP contribution in [0.4, 0.5) is 5.69 Å². The van der Waals surface area contributed by atoms with Crippen molar-refractivity contribution in [3.8, 4) is 11.1 Å². The summed E-state index contributed by atoms with van der Waals surface area (Å²) in [5.41, 5.74) is 4.65. The zero-order valence-corrected chi connectivity index (χ0v) is 22.6. The number of carboxylic acid groups (broad SMARTS) is 1. The van der Waals surface area contributed by atoms with Crippen molar-refractivity contribution in [2.24, 2.45) is 0 Å². The molecule has 2 N–H and O–H groups in total. The van der Waals surface area contributed by atoms with E-state index in [1.165, 1.54) is 32.5 Å².